The highest BCUT2D eigenvalue weighted by atomic mass is 32.1. The van der Waals surface area contributed by atoms with Crippen LogP contribution in [-0.2, 0) is 0 Å². The second-order valence-electron chi connectivity index (χ2n) is 2.99. The number of aromatic hydroxyl groups is 1. The van der Waals surface area contributed by atoms with Crippen molar-refractivity contribution in [3.05, 3.63) is 41.3 Å². The molecule has 0 radical (unpaired) electrons. The van der Waals surface area contributed by atoms with Gasteiger partial charge in [0, 0.05) is 10.4 Å². The second-order valence-corrected chi connectivity index (χ2v) is 4.07. The average Bonchev–Trinajstić information content (AvgIpc) is 2.67. The number of hydrogen-bond donors (Lipinski definition) is 2. The minimum Gasteiger partial charge on any atom is -0.507 e. The molecule has 4 heteroatoms. The highest BCUT2D eigenvalue weighted by Gasteiger charge is 2.10. The molecule has 1 aromatic heterocycles. The summed E-state index contributed by atoms with van der Waals surface area (Å²) in [5.74, 6) is -0.780. The van der Waals surface area contributed by atoms with Crippen LogP contribution in [0.25, 0.3) is 10.4 Å². The van der Waals surface area contributed by atoms with Crippen molar-refractivity contribution in [1.82, 2.24) is 0 Å². The van der Waals surface area contributed by atoms with E-state index in [1.54, 1.807) is 30.3 Å². The van der Waals surface area contributed by atoms with Crippen molar-refractivity contribution in [2.24, 2.45) is 0 Å². The smallest absolute Gasteiger partial charge is 0.345 e. The predicted molar refractivity (Wildman–Crippen MR) is 58.4 cm³/mol. The first-order valence-electron chi connectivity index (χ1n) is 4.30. The van der Waals surface area contributed by atoms with Gasteiger partial charge in [-0.25, -0.2) is 4.79 Å². The van der Waals surface area contributed by atoms with Crippen LogP contribution in [0.1, 0.15) is 9.67 Å². The van der Waals surface area contributed by atoms with Gasteiger partial charge in [0.25, 0.3) is 0 Å². The first kappa shape index (κ1) is 9.73. The standard InChI is InChI=1S/C11H8O3S/c12-8-4-2-1-3-7(8)9-5-6-10(15-9)11(13)14/h1-6,12H,(H,13,14). The lowest BCUT2D eigenvalue weighted by atomic mass is 10.2. The zero-order valence-electron chi connectivity index (χ0n) is 7.68. The fraction of sp³-hybridized carbons (Fsp3) is 0. The number of para-hydroxylation sites is 1. The molecule has 0 aliphatic heterocycles. The number of aromatic carboxylic acids is 1. The van der Waals surface area contributed by atoms with Crippen LogP contribution in [0.15, 0.2) is 36.4 Å². The van der Waals surface area contributed by atoms with Gasteiger partial charge in [0.15, 0.2) is 0 Å². The molecule has 0 saturated heterocycles. The lowest BCUT2D eigenvalue weighted by molar-refractivity contribution is 0.0702. The van der Waals surface area contributed by atoms with Crippen molar-refractivity contribution in [2.45, 2.75) is 0 Å². The van der Waals surface area contributed by atoms with E-state index in [1.165, 1.54) is 6.07 Å². The van der Waals surface area contributed by atoms with Crippen LogP contribution < -0.4 is 0 Å². The Labute approximate surface area is 90.2 Å². The summed E-state index contributed by atoms with van der Waals surface area (Å²) in [5, 5.41) is 18.3. The lowest BCUT2D eigenvalue weighted by Gasteiger charge is -1.99. The van der Waals surface area contributed by atoms with Crippen LogP contribution in [-0.4, -0.2) is 16.2 Å². The SMILES string of the molecule is O=C(O)c1ccc(-c2ccccc2O)s1. The Morgan fingerprint density at radius 1 is 1.13 bits per heavy atom. The van der Waals surface area contributed by atoms with Crippen molar-refractivity contribution in [1.29, 1.82) is 0 Å². The third kappa shape index (κ3) is 1.85. The molecule has 76 valence electrons. The number of rotatable bonds is 2. The molecule has 0 aliphatic carbocycles. The van der Waals surface area contributed by atoms with Gasteiger partial charge in [-0.15, -0.1) is 11.3 Å². The molecule has 15 heavy (non-hydrogen) atoms. The number of phenolic OH excluding ortho intramolecular Hbond substituents is 1. The molecule has 0 bridgehead atoms. The van der Waals surface area contributed by atoms with Crippen LogP contribution >= 0.6 is 11.3 Å². The van der Waals surface area contributed by atoms with E-state index in [0.717, 1.165) is 16.2 Å². The minimum atomic E-state index is -0.943. The van der Waals surface area contributed by atoms with E-state index in [9.17, 15) is 9.90 Å². The maximum Gasteiger partial charge on any atom is 0.345 e. The second kappa shape index (κ2) is 3.74. The number of hydrogen-bond acceptors (Lipinski definition) is 3. The number of phenols is 1. The van der Waals surface area contributed by atoms with Crippen molar-refractivity contribution in [2.75, 3.05) is 0 Å². The summed E-state index contributed by atoms with van der Waals surface area (Å²) in [7, 11) is 0. The molecule has 0 atom stereocenters. The van der Waals surface area contributed by atoms with Crippen LogP contribution in [0.4, 0.5) is 0 Å². The van der Waals surface area contributed by atoms with E-state index < -0.39 is 5.97 Å². The molecule has 2 N–H and O–H groups in total. The Morgan fingerprint density at radius 2 is 1.87 bits per heavy atom. The van der Waals surface area contributed by atoms with E-state index >= 15 is 0 Å². The highest BCUT2D eigenvalue weighted by Crippen LogP contribution is 2.33. The topological polar surface area (TPSA) is 57.5 Å². The molecule has 0 spiro atoms. The maximum absolute atomic E-state index is 10.7. The van der Waals surface area contributed by atoms with Crippen molar-refractivity contribution in [3.63, 3.8) is 0 Å². The quantitative estimate of drug-likeness (QED) is 0.818. The Bertz CT molecular complexity index is 502. The Kier molecular flexibility index (Phi) is 2.43. The molecule has 1 aromatic carbocycles. The summed E-state index contributed by atoms with van der Waals surface area (Å²) < 4.78 is 0. The van der Waals surface area contributed by atoms with Crippen LogP contribution in [0.5, 0.6) is 5.75 Å². The third-order valence-electron chi connectivity index (χ3n) is 1.99. The molecule has 2 aromatic rings. The number of carbonyl (C=O) groups is 1. The van der Waals surface area contributed by atoms with Gasteiger partial charge in [0.1, 0.15) is 10.6 Å². The lowest BCUT2D eigenvalue weighted by Crippen LogP contribution is -1.89. The first-order chi connectivity index (χ1) is 7.18. The van der Waals surface area contributed by atoms with E-state index in [2.05, 4.69) is 0 Å². The average molecular weight is 220 g/mol. The van der Waals surface area contributed by atoms with E-state index in [-0.39, 0.29) is 10.6 Å². The maximum atomic E-state index is 10.7. The molecular weight excluding hydrogens is 212 g/mol. The minimum absolute atomic E-state index is 0.163. The molecule has 0 amide bonds. The summed E-state index contributed by atoms with van der Waals surface area (Å²) >= 11 is 1.15. The monoisotopic (exact) mass is 220 g/mol. The van der Waals surface area contributed by atoms with Crippen LogP contribution in [0.3, 0.4) is 0 Å². The van der Waals surface area contributed by atoms with E-state index in [0.29, 0.717) is 5.56 Å². The number of carboxylic acids is 1. The zero-order valence-corrected chi connectivity index (χ0v) is 8.49. The molecule has 0 fully saturated rings. The molecule has 3 nitrogen and oxygen atoms in total. The van der Waals surface area contributed by atoms with Crippen molar-refractivity contribution >= 4 is 17.3 Å². The summed E-state index contributed by atoms with van der Waals surface area (Å²) in [4.78, 5) is 11.7. The Morgan fingerprint density at radius 3 is 2.47 bits per heavy atom. The van der Waals surface area contributed by atoms with Gasteiger partial charge in [0.2, 0.25) is 0 Å². The normalized spacial score (nSPS) is 10.1. The number of carboxylic acid groups (broad SMARTS) is 1. The zero-order chi connectivity index (χ0) is 10.8. The van der Waals surface area contributed by atoms with Gasteiger partial charge in [0.05, 0.1) is 0 Å². The highest BCUT2D eigenvalue weighted by molar-refractivity contribution is 7.17. The Hall–Kier alpha value is -1.81. The molecule has 0 aliphatic rings. The number of thiophene rings is 1. The fourth-order valence-corrected chi connectivity index (χ4v) is 2.16. The molecule has 2 rings (SSSR count). The summed E-state index contributed by atoms with van der Waals surface area (Å²) in [5.41, 5.74) is 0.662. The van der Waals surface area contributed by atoms with Crippen molar-refractivity contribution in [3.8, 4) is 16.2 Å². The van der Waals surface area contributed by atoms with Crippen LogP contribution in [0, 0.1) is 0 Å². The van der Waals surface area contributed by atoms with E-state index in [4.69, 9.17) is 5.11 Å². The fourth-order valence-electron chi connectivity index (χ4n) is 1.28. The third-order valence-corrected chi connectivity index (χ3v) is 3.09. The summed E-state index contributed by atoms with van der Waals surface area (Å²) in [6.07, 6.45) is 0. The molecule has 0 unspecified atom stereocenters. The van der Waals surface area contributed by atoms with Gasteiger partial charge in [-0.05, 0) is 24.3 Å². The predicted octanol–water partition coefficient (Wildman–Crippen LogP) is 2.82. The molecular formula is C11H8O3S. The Balaban J connectivity index is 2.46. The number of benzene rings is 1. The largest absolute Gasteiger partial charge is 0.507 e. The van der Waals surface area contributed by atoms with E-state index in [1.807, 2.05) is 0 Å². The van der Waals surface area contributed by atoms with Gasteiger partial charge in [-0.3, -0.25) is 0 Å². The summed E-state index contributed by atoms with van der Waals surface area (Å²) in [6.45, 7) is 0. The molecule has 0 saturated carbocycles. The summed E-state index contributed by atoms with van der Waals surface area (Å²) in [6, 6.07) is 10.1. The van der Waals surface area contributed by atoms with Crippen molar-refractivity contribution < 1.29 is 15.0 Å². The van der Waals surface area contributed by atoms with Gasteiger partial charge < -0.3 is 10.2 Å². The van der Waals surface area contributed by atoms with Gasteiger partial charge in [-0.1, -0.05) is 12.1 Å². The van der Waals surface area contributed by atoms with Gasteiger partial charge >= 0.3 is 5.97 Å². The molecule has 1 heterocycles. The van der Waals surface area contributed by atoms with Gasteiger partial charge in [-0.2, -0.15) is 0 Å². The van der Waals surface area contributed by atoms with Crippen LogP contribution in [0.2, 0.25) is 0 Å². The first-order valence-corrected chi connectivity index (χ1v) is 5.11.